The Morgan fingerprint density at radius 3 is 1.67 bits per heavy atom. The fourth-order valence-corrected chi connectivity index (χ4v) is 2.30. The molecule has 0 fully saturated rings. The van der Waals surface area contributed by atoms with Crippen molar-refractivity contribution in [2.45, 2.75) is 0 Å². The third-order valence-electron chi connectivity index (χ3n) is 3.16. The van der Waals surface area contributed by atoms with Crippen LogP contribution in [0.4, 0.5) is 26.3 Å². The summed E-state index contributed by atoms with van der Waals surface area (Å²) in [6.45, 7) is 0. The molecule has 3 aromatic carbocycles. The van der Waals surface area contributed by atoms with E-state index < -0.39 is 50.7 Å². The Kier molecular flexibility index (Phi) is 3.02. The highest BCUT2D eigenvalue weighted by atomic mass is 35.5. The number of benzene rings is 3. The smallest absolute Gasteiger partial charge is 0.198 e. The van der Waals surface area contributed by atoms with Gasteiger partial charge in [0.15, 0.2) is 29.1 Å². The minimum atomic E-state index is -2.01. The van der Waals surface area contributed by atoms with E-state index >= 15 is 0 Å². The van der Waals surface area contributed by atoms with E-state index in [9.17, 15) is 26.3 Å². The molecule has 3 rings (SSSR count). The van der Waals surface area contributed by atoms with Gasteiger partial charge in [0, 0.05) is 16.2 Å². The summed E-state index contributed by atoms with van der Waals surface area (Å²) in [5, 5.41) is -2.62. The summed E-state index contributed by atoms with van der Waals surface area (Å²) in [6.07, 6.45) is 0. The van der Waals surface area contributed by atoms with Crippen molar-refractivity contribution in [1.82, 2.24) is 0 Å². The molecule has 7 heteroatoms. The van der Waals surface area contributed by atoms with E-state index in [0.29, 0.717) is 0 Å². The van der Waals surface area contributed by atoms with Crippen LogP contribution in [-0.2, 0) is 0 Å². The Morgan fingerprint density at radius 2 is 1.10 bits per heavy atom. The first-order valence-corrected chi connectivity index (χ1v) is 5.93. The second kappa shape index (κ2) is 4.53. The lowest BCUT2D eigenvalue weighted by Gasteiger charge is -2.08. The van der Waals surface area contributed by atoms with Gasteiger partial charge < -0.3 is 0 Å². The van der Waals surface area contributed by atoms with Gasteiger partial charge in [-0.2, -0.15) is 0 Å². The molecule has 0 amide bonds. The SMILES string of the molecule is Fc1cc2cc3c(F)c(F)c(F)c(F)c3cc2c(F)c1Cl. The molecule has 0 aliphatic rings. The van der Waals surface area contributed by atoms with E-state index in [4.69, 9.17) is 11.6 Å². The van der Waals surface area contributed by atoms with Crippen molar-refractivity contribution in [2.24, 2.45) is 0 Å². The maximum atomic E-state index is 13.8. The van der Waals surface area contributed by atoms with E-state index in [1.165, 1.54) is 0 Å². The van der Waals surface area contributed by atoms with E-state index in [1.807, 2.05) is 0 Å². The van der Waals surface area contributed by atoms with E-state index in [1.54, 1.807) is 0 Å². The second-order valence-corrected chi connectivity index (χ2v) is 4.74. The Balaban J connectivity index is 2.59. The van der Waals surface area contributed by atoms with E-state index in [2.05, 4.69) is 0 Å². The van der Waals surface area contributed by atoms with Gasteiger partial charge in [0.1, 0.15) is 10.8 Å². The molecule has 0 spiro atoms. The monoisotopic (exact) mass is 320 g/mol. The number of fused-ring (bicyclic) bond motifs is 2. The van der Waals surface area contributed by atoms with Crippen LogP contribution in [0.3, 0.4) is 0 Å². The zero-order valence-corrected chi connectivity index (χ0v) is 10.6. The maximum absolute atomic E-state index is 13.8. The second-order valence-electron chi connectivity index (χ2n) is 4.36. The van der Waals surface area contributed by atoms with Gasteiger partial charge in [0.2, 0.25) is 0 Å². The topological polar surface area (TPSA) is 0 Å². The van der Waals surface area contributed by atoms with Gasteiger partial charge in [0.25, 0.3) is 0 Å². The molecule has 0 bridgehead atoms. The van der Waals surface area contributed by atoms with Crippen molar-refractivity contribution in [3.63, 3.8) is 0 Å². The third kappa shape index (κ3) is 1.86. The Hall–Kier alpha value is -1.95. The van der Waals surface area contributed by atoms with Crippen LogP contribution < -0.4 is 0 Å². The normalized spacial score (nSPS) is 11.6. The summed E-state index contributed by atoms with van der Waals surface area (Å²) < 4.78 is 80.9. The average molecular weight is 321 g/mol. The van der Waals surface area contributed by atoms with Gasteiger partial charge in [-0.15, -0.1) is 0 Å². The number of rotatable bonds is 0. The molecule has 3 aromatic rings. The summed E-state index contributed by atoms with van der Waals surface area (Å²) in [5.74, 6) is -9.60. The first kappa shape index (κ1) is 14.0. The van der Waals surface area contributed by atoms with Crippen molar-refractivity contribution < 1.29 is 26.3 Å². The molecule has 0 atom stereocenters. The molecule has 0 N–H and O–H groups in total. The Bertz CT molecular complexity index is 919. The Morgan fingerprint density at radius 1 is 0.571 bits per heavy atom. The molecule has 0 saturated heterocycles. The van der Waals surface area contributed by atoms with Gasteiger partial charge in [-0.3, -0.25) is 0 Å². The molecule has 21 heavy (non-hydrogen) atoms. The number of hydrogen-bond donors (Lipinski definition) is 0. The van der Waals surface area contributed by atoms with Gasteiger partial charge >= 0.3 is 0 Å². The standard InChI is InChI=1S/C14H3ClF6/c15-9-8(16)2-4-1-6-7(3-5(4)10(9)17)12(19)14(21)13(20)11(6)18/h1-3H. The molecule has 0 unspecified atom stereocenters. The number of hydrogen-bond acceptors (Lipinski definition) is 0. The third-order valence-corrected chi connectivity index (χ3v) is 3.51. The lowest BCUT2D eigenvalue weighted by molar-refractivity contribution is 0.418. The lowest BCUT2D eigenvalue weighted by Crippen LogP contribution is -1.98. The predicted octanol–water partition coefficient (Wildman–Crippen LogP) is 5.48. The number of halogens is 7. The highest BCUT2D eigenvalue weighted by Crippen LogP contribution is 2.34. The fraction of sp³-hybridized carbons (Fsp3) is 0. The molecule has 0 aromatic heterocycles. The molecule has 0 radical (unpaired) electrons. The maximum Gasteiger partial charge on any atom is 0.198 e. The van der Waals surface area contributed by atoms with Crippen molar-refractivity contribution in [1.29, 1.82) is 0 Å². The van der Waals surface area contributed by atoms with Crippen molar-refractivity contribution in [3.05, 3.63) is 58.1 Å². The van der Waals surface area contributed by atoms with E-state index in [0.717, 1.165) is 18.2 Å². The molecule has 108 valence electrons. The summed E-state index contributed by atoms with van der Waals surface area (Å²) >= 11 is 5.38. The van der Waals surface area contributed by atoms with Gasteiger partial charge in [-0.05, 0) is 23.6 Å². The van der Waals surface area contributed by atoms with Crippen LogP contribution in [0.15, 0.2) is 18.2 Å². The summed E-state index contributed by atoms with van der Waals surface area (Å²) in [7, 11) is 0. The highest BCUT2D eigenvalue weighted by Gasteiger charge is 2.22. The summed E-state index contributed by atoms with van der Waals surface area (Å²) in [6, 6.07) is 2.37. The van der Waals surface area contributed by atoms with Crippen LogP contribution >= 0.6 is 11.6 Å². The van der Waals surface area contributed by atoms with Crippen LogP contribution in [0.25, 0.3) is 21.5 Å². The molecule has 0 aliphatic carbocycles. The first-order valence-electron chi connectivity index (χ1n) is 5.55. The molecule has 0 aliphatic heterocycles. The van der Waals surface area contributed by atoms with Crippen molar-refractivity contribution >= 4 is 33.1 Å². The van der Waals surface area contributed by atoms with Crippen LogP contribution in [-0.4, -0.2) is 0 Å². The zero-order chi connectivity index (χ0) is 15.5. The van der Waals surface area contributed by atoms with Crippen LogP contribution in [0, 0.1) is 34.9 Å². The largest absolute Gasteiger partial charge is 0.205 e. The van der Waals surface area contributed by atoms with Crippen LogP contribution in [0.5, 0.6) is 0 Å². The lowest BCUT2D eigenvalue weighted by atomic mass is 10.0. The average Bonchev–Trinajstić information content (AvgIpc) is 2.47. The van der Waals surface area contributed by atoms with Gasteiger partial charge in [-0.25, -0.2) is 26.3 Å². The van der Waals surface area contributed by atoms with Gasteiger partial charge in [-0.1, -0.05) is 11.6 Å². The molecular formula is C14H3ClF6. The Labute approximate surface area is 118 Å². The summed E-state index contributed by atoms with van der Waals surface area (Å²) in [4.78, 5) is 0. The minimum Gasteiger partial charge on any atom is -0.205 e. The van der Waals surface area contributed by atoms with Crippen LogP contribution in [0.1, 0.15) is 0 Å². The fourth-order valence-electron chi connectivity index (χ4n) is 2.14. The zero-order valence-electron chi connectivity index (χ0n) is 9.88. The molecule has 0 heterocycles. The van der Waals surface area contributed by atoms with Crippen molar-refractivity contribution in [3.8, 4) is 0 Å². The minimum absolute atomic E-state index is 0.161. The van der Waals surface area contributed by atoms with Crippen LogP contribution in [0.2, 0.25) is 5.02 Å². The molecule has 0 nitrogen and oxygen atoms in total. The van der Waals surface area contributed by atoms with Gasteiger partial charge in [0.05, 0.1) is 0 Å². The first-order chi connectivity index (χ1) is 9.82. The quantitative estimate of drug-likeness (QED) is 0.223. The van der Waals surface area contributed by atoms with Crippen molar-refractivity contribution in [2.75, 3.05) is 0 Å². The highest BCUT2D eigenvalue weighted by molar-refractivity contribution is 6.31. The van der Waals surface area contributed by atoms with E-state index in [-0.39, 0.29) is 10.8 Å². The summed E-state index contributed by atoms with van der Waals surface area (Å²) in [5.41, 5.74) is 0. The molecule has 0 saturated carbocycles. The predicted molar refractivity (Wildman–Crippen MR) is 66.2 cm³/mol. The molecular weight excluding hydrogens is 318 g/mol.